The summed E-state index contributed by atoms with van der Waals surface area (Å²) in [6, 6.07) is 6.83. The maximum absolute atomic E-state index is 12.3. The van der Waals surface area contributed by atoms with Crippen LogP contribution >= 0.6 is 11.6 Å². The van der Waals surface area contributed by atoms with Gasteiger partial charge in [0.15, 0.2) is 0 Å². The van der Waals surface area contributed by atoms with Crippen LogP contribution in [0.2, 0.25) is 5.02 Å². The minimum Gasteiger partial charge on any atom is -0.465 e. The van der Waals surface area contributed by atoms with Crippen LogP contribution in [0.1, 0.15) is 32.0 Å². The van der Waals surface area contributed by atoms with E-state index in [2.05, 4.69) is 4.98 Å². The number of hydrogen-bond donors (Lipinski definition) is 0. The van der Waals surface area contributed by atoms with Gasteiger partial charge in [0.2, 0.25) is 0 Å². The van der Waals surface area contributed by atoms with Crippen molar-refractivity contribution < 1.29 is 19.1 Å². The Kier molecular flexibility index (Phi) is 5.01. The molecule has 0 saturated carbocycles. The normalized spacial score (nSPS) is 10.3. The molecule has 0 aliphatic carbocycles. The molecular weight excluding hydrogens is 318 g/mol. The molecule has 0 radical (unpaired) electrons. The summed E-state index contributed by atoms with van der Waals surface area (Å²) in [5.74, 6) is -1.26. The number of benzene rings is 1. The molecule has 23 heavy (non-hydrogen) atoms. The summed E-state index contributed by atoms with van der Waals surface area (Å²) >= 11 is 5.90. The van der Waals surface area contributed by atoms with Crippen molar-refractivity contribution in [3.63, 3.8) is 0 Å². The lowest BCUT2D eigenvalue weighted by Crippen LogP contribution is -2.17. The molecule has 0 aliphatic rings. The lowest BCUT2D eigenvalue weighted by atomic mass is 9.96. The number of rotatable bonds is 3. The van der Waals surface area contributed by atoms with E-state index >= 15 is 0 Å². The van der Waals surface area contributed by atoms with E-state index in [-0.39, 0.29) is 11.1 Å². The van der Waals surface area contributed by atoms with Gasteiger partial charge in [-0.15, -0.1) is 0 Å². The van der Waals surface area contributed by atoms with Crippen molar-refractivity contribution in [2.45, 2.75) is 13.8 Å². The minimum absolute atomic E-state index is 0.0878. The van der Waals surface area contributed by atoms with Crippen LogP contribution in [-0.2, 0) is 9.47 Å². The summed E-state index contributed by atoms with van der Waals surface area (Å²) in [6.07, 6.45) is 0. The molecular formula is C17H16ClNO4. The molecule has 2 aromatic rings. The second kappa shape index (κ2) is 6.79. The Morgan fingerprint density at radius 1 is 0.957 bits per heavy atom. The lowest BCUT2D eigenvalue weighted by Gasteiger charge is -2.16. The highest BCUT2D eigenvalue weighted by Gasteiger charge is 2.27. The number of hydrogen-bond acceptors (Lipinski definition) is 5. The molecule has 0 amide bonds. The molecule has 0 saturated heterocycles. The van der Waals surface area contributed by atoms with Crippen LogP contribution < -0.4 is 0 Å². The van der Waals surface area contributed by atoms with Crippen LogP contribution in [0.4, 0.5) is 0 Å². The van der Waals surface area contributed by atoms with Gasteiger partial charge in [0.1, 0.15) is 5.56 Å². The molecule has 5 nitrogen and oxygen atoms in total. The molecule has 0 bridgehead atoms. The first-order valence-electron chi connectivity index (χ1n) is 6.84. The van der Waals surface area contributed by atoms with Gasteiger partial charge in [-0.05, 0) is 31.5 Å². The molecule has 6 heteroatoms. The third-order valence-corrected chi connectivity index (χ3v) is 3.83. The Balaban J connectivity index is 2.85. The summed E-state index contributed by atoms with van der Waals surface area (Å²) in [7, 11) is 2.52. The molecule has 0 atom stereocenters. The van der Waals surface area contributed by atoms with Crippen molar-refractivity contribution in [3.8, 4) is 11.3 Å². The second-order valence-corrected chi connectivity index (χ2v) is 5.35. The number of ether oxygens (including phenoxy) is 2. The number of halogens is 1. The monoisotopic (exact) mass is 333 g/mol. The van der Waals surface area contributed by atoms with Gasteiger partial charge in [-0.2, -0.15) is 0 Å². The van der Waals surface area contributed by atoms with E-state index in [4.69, 9.17) is 21.1 Å². The fourth-order valence-electron chi connectivity index (χ4n) is 2.27. The lowest BCUT2D eigenvalue weighted by molar-refractivity contribution is 0.0554. The van der Waals surface area contributed by atoms with Gasteiger partial charge in [0.05, 0.1) is 25.5 Å². The molecule has 0 N–H and O–H groups in total. The smallest absolute Gasteiger partial charge is 0.340 e. The van der Waals surface area contributed by atoms with Crippen molar-refractivity contribution in [2.75, 3.05) is 14.2 Å². The zero-order valence-electron chi connectivity index (χ0n) is 13.3. The van der Waals surface area contributed by atoms with E-state index in [0.29, 0.717) is 27.5 Å². The molecule has 1 aromatic carbocycles. The molecule has 1 aromatic heterocycles. The first-order valence-corrected chi connectivity index (χ1v) is 7.22. The average Bonchev–Trinajstić information content (AvgIpc) is 2.56. The zero-order chi connectivity index (χ0) is 17.1. The van der Waals surface area contributed by atoms with Gasteiger partial charge >= 0.3 is 11.9 Å². The molecule has 120 valence electrons. The number of carbonyl (C=O) groups excluding carboxylic acids is 2. The Morgan fingerprint density at radius 2 is 1.48 bits per heavy atom. The number of nitrogens with zero attached hydrogens (tertiary/aromatic N) is 1. The van der Waals surface area contributed by atoms with Gasteiger partial charge in [-0.25, -0.2) is 9.59 Å². The number of pyridine rings is 1. The summed E-state index contributed by atoms with van der Waals surface area (Å²) in [4.78, 5) is 28.9. The van der Waals surface area contributed by atoms with Gasteiger partial charge in [0.25, 0.3) is 0 Å². The highest BCUT2D eigenvalue weighted by atomic mass is 35.5. The topological polar surface area (TPSA) is 65.5 Å². The number of carbonyl (C=O) groups is 2. The molecule has 0 aliphatic heterocycles. The van der Waals surface area contributed by atoms with E-state index in [1.165, 1.54) is 14.2 Å². The maximum Gasteiger partial charge on any atom is 0.340 e. The van der Waals surface area contributed by atoms with E-state index < -0.39 is 11.9 Å². The summed E-state index contributed by atoms with van der Waals surface area (Å²) in [5.41, 5.74) is 2.47. The fourth-order valence-corrected chi connectivity index (χ4v) is 2.39. The van der Waals surface area contributed by atoms with Crippen molar-refractivity contribution in [1.82, 2.24) is 4.98 Å². The van der Waals surface area contributed by atoms with Crippen molar-refractivity contribution >= 4 is 23.5 Å². The average molecular weight is 334 g/mol. The Bertz CT molecular complexity index is 769. The van der Waals surface area contributed by atoms with E-state index in [1.807, 2.05) is 0 Å². The maximum atomic E-state index is 12.3. The molecule has 2 rings (SSSR count). The summed E-state index contributed by atoms with van der Waals surface area (Å²) in [5, 5.41) is 0.561. The standard InChI is InChI=1S/C17H16ClNO4/c1-9-10(2)19-15(11-5-7-12(18)8-6-11)14(17(21)23-4)13(9)16(20)22-3/h5-8H,1-4H3. The van der Waals surface area contributed by atoms with E-state index in [0.717, 1.165) is 0 Å². The third kappa shape index (κ3) is 3.19. The fraction of sp³-hybridized carbons (Fsp3) is 0.235. The van der Waals surface area contributed by atoms with E-state index in [9.17, 15) is 9.59 Å². The molecule has 0 unspecified atom stereocenters. The minimum atomic E-state index is -0.647. The highest BCUT2D eigenvalue weighted by molar-refractivity contribution is 6.30. The number of aromatic nitrogens is 1. The Hall–Kier alpha value is -2.40. The van der Waals surface area contributed by atoms with Crippen molar-refractivity contribution in [2.24, 2.45) is 0 Å². The van der Waals surface area contributed by atoms with Gasteiger partial charge in [-0.1, -0.05) is 23.7 Å². The SMILES string of the molecule is COC(=O)c1c(-c2ccc(Cl)cc2)nc(C)c(C)c1C(=O)OC. The molecule has 0 spiro atoms. The summed E-state index contributed by atoms with van der Waals surface area (Å²) < 4.78 is 9.66. The van der Waals surface area contributed by atoms with Crippen LogP contribution in [0.25, 0.3) is 11.3 Å². The van der Waals surface area contributed by atoms with Crippen LogP contribution in [0.15, 0.2) is 24.3 Å². The number of methoxy groups -OCH3 is 2. The van der Waals surface area contributed by atoms with E-state index in [1.54, 1.807) is 38.1 Å². The van der Waals surface area contributed by atoms with Crippen LogP contribution in [0.3, 0.4) is 0 Å². The first-order chi connectivity index (χ1) is 10.9. The second-order valence-electron chi connectivity index (χ2n) is 4.91. The largest absolute Gasteiger partial charge is 0.465 e. The van der Waals surface area contributed by atoms with Crippen LogP contribution in [0.5, 0.6) is 0 Å². The van der Waals surface area contributed by atoms with Gasteiger partial charge in [0, 0.05) is 16.3 Å². The molecule has 1 heterocycles. The Morgan fingerprint density at radius 3 is 2.00 bits per heavy atom. The van der Waals surface area contributed by atoms with Gasteiger partial charge < -0.3 is 9.47 Å². The number of esters is 2. The predicted octanol–water partition coefficient (Wildman–Crippen LogP) is 3.59. The quantitative estimate of drug-likeness (QED) is 0.803. The van der Waals surface area contributed by atoms with Crippen molar-refractivity contribution in [1.29, 1.82) is 0 Å². The third-order valence-electron chi connectivity index (χ3n) is 3.58. The predicted molar refractivity (Wildman–Crippen MR) is 86.8 cm³/mol. The van der Waals surface area contributed by atoms with Gasteiger partial charge in [-0.3, -0.25) is 4.98 Å². The van der Waals surface area contributed by atoms with Crippen LogP contribution in [0, 0.1) is 13.8 Å². The Labute approximate surface area is 139 Å². The molecule has 0 fully saturated rings. The number of aryl methyl sites for hydroxylation is 1. The van der Waals surface area contributed by atoms with Crippen molar-refractivity contribution in [3.05, 3.63) is 51.7 Å². The summed E-state index contributed by atoms with van der Waals surface area (Å²) in [6.45, 7) is 3.48. The first kappa shape index (κ1) is 17.0. The van der Waals surface area contributed by atoms with Crippen LogP contribution in [-0.4, -0.2) is 31.1 Å². The zero-order valence-corrected chi connectivity index (χ0v) is 14.0. The highest BCUT2D eigenvalue weighted by Crippen LogP contribution is 2.30.